The molecule has 0 spiro atoms. The molecule has 4 heteroatoms. The monoisotopic (exact) mass is 433 g/mol. The van der Waals surface area contributed by atoms with Crippen LogP contribution in [0.25, 0.3) is 22.3 Å². The second-order valence-corrected chi connectivity index (χ2v) is 9.07. The predicted molar refractivity (Wildman–Crippen MR) is 138 cm³/mol. The van der Waals surface area contributed by atoms with Crippen molar-refractivity contribution in [2.24, 2.45) is 0 Å². The topological polar surface area (TPSA) is 30.5 Å². The summed E-state index contributed by atoms with van der Waals surface area (Å²) in [5, 5.41) is 3.59. The number of hydrogen-bond acceptors (Lipinski definition) is 3. The number of hydrogen-bond donors (Lipinski definition) is 1. The van der Waals surface area contributed by atoms with Gasteiger partial charge in [-0.25, -0.2) is 0 Å². The zero-order chi connectivity index (χ0) is 22.8. The Balaban J connectivity index is 1.47. The van der Waals surface area contributed by atoms with Crippen molar-refractivity contribution in [3.05, 3.63) is 103 Å². The summed E-state index contributed by atoms with van der Waals surface area (Å²) in [5.74, 6) is 0. The molecule has 0 aliphatic carbocycles. The molecule has 0 amide bonds. The average Bonchev–Trinajstić information content (AvgIpc) is 3.13. The van der Waals surface area contributed by atoms with Gasteiger partial charge in [-0.2, -0.15) is 0 Å². The minimum Gasteiger partial charge on any atom is -0.402 e. The number of benzene rings is 4. The summed E-state index contributed by atoms with van der Waals surface area (Å²) in [6, 6.07) is 35.7. The molecule has 1 aliphatic rings. The van der Waals surface area contributed by atoms with Crippen LogP contribution in [-0.2, 0) is 9.31 Å². The summed E-state index contributed by atoms with van der Waals surface area (Å²) < 4.78 is 12.6. The van der Waals surface area contributed by atoms with Crippen LogP contribution in [0.4, 0.5) is 11.4 Å². The largest absolute Gasteiger partial charge is 0.496 e. The first-order chi connectivity index (χ1) is 16.0. The van der Waals surface area contributed by atoms with E-state index in [1.165, 1.54) is 16.7 Å². The molecule has 164 valence electrons. The molecule has 3 nitrogen and oxygen atoms in total. The summed E-state index contributed by atoms with van der Waals surface area (Å²) >= 11 is 0. The Hall–Kier alpha value is -3.34. The second kappa shape index (κ2) is 8.89. The molecular weight excluding hydrogens is 405 g/mol. The molecule has 4 aromatic carbocycles. The smallest absolute Gasteiger partial charge is 0.402 e. The second-order valence-electron chi connectivity index (χ2n) is 9.07. The highest BCUT2D eigenvalue weighted by molar-refractivity contribution is 6.64. The van der Waals surface area contributed by atoms with Gasteiger partial charge in [0.05, 0.1) is 11.7 Å². The van der Waals surface area contributed by atoms with Crippen molar-refractivity contribution in [3.63, 3.8) is 0 Å². The Kier molecular flexibility index (Phi) is 5.80. The number of nitrogens with one attached hydrogen (secondary N) is 1. The van der Waals surface area contributed by atoms with E-state index in [1.54, 1.807) is 0 Å². The van der Waals surface area contributed by atoms with Crippen molar-refractivity contribution in [2.75, 3.05) is 5.32 Å². The van der Waals surface area contributed by atoms with E-state index in [0.717, 1.165) is 22.4 Å². The van der Waals surface area contributed by atoms with E-state index < -0.39 is 7.12 Å². The van der Waals surface area contributed by atoms with E-state index >= 15 is 0 Å². The van der Waals surface area contributed by atoms with Crippen LogP contribution in [-0.4, -0.2) is 18.8 Å². The molecule has 1 heterocycles. The van der Waals surface area contributed by atoms with Gasteiger partial charge in [0.1, 0.15) is 0 Å². The molecule has 0 radical (unpaired) electrons. The van der Waals surface area contributed by atoms with Crippen molar-refractivity contribution >= 4 is 24.0 Å². The molecule has 33 heavy (non-hydrogen) atoms. The number of anilines is 2. The first-order valence-corrected chi connectivity index (χ1v) is 11.4. The maximum absolute atomic E-state index is 6.33. The highest BCUT2D eigenvalue weighted by Crippen LogP contribution is 2.30. The quantitative estimate of drug-likeness (QED) is 0.357. The summed E-state index contributed by atoms with van der Waals surface area (Å²) in [5.41, 5.74) is 7.37. The van der Waals surface area contributed by atoms with E-state index in [4.69, 9.17) is 9.31 Å². The minimum atomic E-state index is -0.426. The van der Waals surface area contributed by atoms with Gasteiger partial charge in [0, 0.05) is 16.8 Å². The molecule has 1 fully saturated rings. The molecule has 0 aromatic heterocycles. The first kappa shape index (κ1) is 21.5. The van der Waals surface area contributed by atoms with Gasteiger partial charge in [-0.1, -0.05) is 84.9 Å². The summed E-state index contributed by atoms with van der Waals surface area (Å²) in [6.45, 7) is 6.22. The van der Waals surface area contributed by atoms with Gasteiger partial charge in [-0.05, 0) is 61.2 Å². The van der Waals surface area contributed by atoms with Crippen LogP contribution in [0.2, 0.25) is 0 Å². The molecule has 4 aromatic rings. The molecule has 0 bridgehead atoms. The maximum Gasteiger partial charge on any atom is 0.496 e. The lowest BCUT2D eigenvalue weighted by molar-refractivity contribution is 0.0842. The zero-order valence-corrected chi connectivity index (χ0v) is 19.3. The van der Waals surface area contributed by atoms with E-state index in [1.807, 2.05) is 12.1 Å². The Morgan fingerprint density at radius 1 is 0.697 bits per heavy atom. The first-order valence-electron chi connectivity index (χ1n) is 11.4. The molecule has 1 unspecified atom stereocenters. The predicted octanol–water partition coefficient (Wildman–Crippen LogP) is 6.67. The standard InChI is InChI=1S/C29H28BNO2/c1-21-29(2,3)33-30(32-21)27-20-25(23-12-8-5-9-13-23)16-19-28(27)31-26-17-14-24(15-18-26)22-10-6-4-7-11-22/h4-21,31H,1-3H3. The molecule has 1 N–H and O–H groups in total. The Bertz CT molecular complexity index is 1220. The van der Waals surface area contributed by atoms with Crippen molar-refractivity contribution in [1.82, 2.24) is 0 Å². The van der Waals surface area contributed by atoms with Crippen LogP contribution in [0, 0.1) is 0 Å². The van der Waals surface area contributed by atoms with Crippen molar-refractivity contribution in [1.29, 1.82) is 0 Å². The highest BCUT2D eigenvalue weighted by atomic mass is 16.7. The Morgan fingerprint density at radius 2 is 1.24 bits per heavy atom. The third kappa shape index (κ3) is 4.59. The van der Waals surface area contributed by atoms with Gasteiger partial charge in [-0.3, -0.25) is 0 Å². The van der Waals surface area contributed by atoms with Gasteiger partial charge >= 0.3 is 7.12 Å². The fourth-order valence-electron chi connectivity index (χ4n) is 4.10. The molecular formula is C29H28BNO2. The van der Waals surface area contributed by atoms with Gasteiger partial charge < -0.3 is 14.6 Å². The van der Waals surface area contributed by atoms with Crippen LogP contribution in [0.3, 0.4) is 0 Å². The average molecular weight is 433 g/mol. The van der Waals surface area contributed by atoms with Crippen LogP contribution in [0.1, 0.15) is 20.8 Å². The maximum atomic E-state index is 6.33. The van der Waals surface area contributed by atoms with Gasteiger partial charge in [0.15, 0.2) is 0 Å². The van der Waals surface area contributed by atoms with E-state index in [2.05, 4.69) is 117 Å². The lowest BCUT2D eigenvalue weighted by atomic mass is 9.76. The van der Waals surface area contributed by atoms with Crippen molar-refractivity contribution < 1.29 is 9.31 Å². The number of rotatable bonds is 5. The van der Waals surface area contributed by atoms with E-state index in [-0.39, 0.29) is 11.7 Å². The summed E-state index contributed by atoms with van der Waals surface area (Å²) in [7, 11) is -0.426. The molecule has 0 saturated carbocycles. The molecule has 1 aliphatic heterocycles. The Morgan fingerprint density at radius 3 is 1.82 bits per heavy atom. The van der Waals surface area contributed by atoms with Crippen LogP contribution < -0.4 is 10.8 Å². The Labute approximate surface area is 196 Å². The lowest BCUT2D eigenvalue weighted by Crippen LogP contribution is -2.36. The fraction of sp³-hybridized carbons (Fsp3) is 0.172. The molecule has 1 atom stereocenters. The van der Waals surface area contributed by atoms with Crippen LogP contribution in [0.5, 0.6) is 0 Å². The third-order valence-corrected chi connectivity index (χ3v) is 6.40. The minimum absolute atomic E-state index is 0.000822. The third-order valence-electron chi connectivity index (χ3n) is 6.40. The molecule has 5 rings (SSSR count). The summed E-state index contributed by atoms with van der Waals surface area (Å²) in [4.78, 5) is 0. The van der Waals surface area contributed by atoms with Gasteiger partial charge in [0.2, 0.25) is 0 Å². The van der Waals surface area contributed by atoms with Crippen molar-refractivity contribution in [3.8, 4) is 22.3 Å². The molecule has 1 saturated heterocycles. The fourth-order valence-corrected chi connectivity index (χ4v) is 4.10. The normalized spacial score (nSPS) is 17.2. The van der Waals surface area contributed by atoms with Crippen LogP contribution >= 0.6 is 0 Å². The van der Waals surface area contributed by atoms with Crippen LogP contribution in [0.15, 0.2) is 103 Å². The van der Waals surface area contributed by atoms with Gasteiger partial charge in [-0.15, -0.1) is 0 Å². The lowest BCUT2D eigenvalue weighted by Gasteiger charge is -2.21. The zero-order valence-electron chi connectivity index (χ0n) is 19.3. The van der Waals surface area contributed by atoms with Crippen molar-refractivity contribution in [2.45, 2.75) is 32.5 Å². The summed E-state index contributed by atoms with van der Waals surface area (Å²) in [6.07, 6.45) is 0.000822. The van der Waals surface area contributed by atoms with Gasteiger partial charge in [0.25, 0.3) is 0 Å². The SMILES string of the molecule is CC1OB(c2cc(-c3ccccc3)ccc2Nc2ccc(-c3ccccc3)cc2)OC1(C)C. The van der Waals surface area contributed by atoms with E-state index in [0.29, 0.717) is 0 Å². The highest BCUT2D eigenvalue weighted by Gasteiger charge is 2.44. The van der Waals surface area contributed by atoms with E-state index in [9.17, 15) is 0 Å².